The maximum Gasteiger partial charge on any atom is 0.280 e. The fourth-order valence-electron chi connectivity index (χ4n) is 2.13. The lowest BCUT2D eigenvalue weighted by Gasteiger charge is -2.15. The molecule has 0 fully saturated rings. The first kappa shape index (κ1) is 15.5. The summed E-state index contributed by atoms with van der Waals surface area (Å²) in [5.74, 6) is -1.15. The van der Waals surface area contributed by atoms with E-state index in [1.54, 1.807) is 36.4 Å². The molecule has 2 aromatic rings. The van der Waals surface area contributed by atoms with Gasteiger partial charge in [-0.25, -0.2) is 0 Å². The Morgan fingerprint density at radius 2 is 1.57 bits per heavy atom. The zero-order valence-corrected chi connectivity index (χ0v) is 13.9. The van der Waals surface area contributed by atoms with E-state index in [0.717, 1.165) is 3.57 Å². The van der Waals surface area contributed by atoms with Crippen molar-refractivity contribution in [3.8, 4) is 5.75 Å². The number of carbonyl (C=O) groups is 3. The van der Waals surface area contributed by atoms with E-state index < -0.39 is 17.7 Å². The number of nitrogens with zero attached hydrogens (tertiary/aromatic N) is 1. The average molecular weight is 422 g/mol. The monoisotopic (exact) mass is 422 g/mol. The van der Waals surface area contributed by atoms with Crippen molar-refractivity contribution in [1.82, 2.24) is 10.4 Å². The molecule has 1 N–H and O–H groups in total. The predicted octanol–water partition coefficient (Wildman–Crippen LogP) is 2.00. The molecule has 23 heavy (non-hydrogen) atoms. The summed E-state index contributed by atoms with van der Waals surface area (Å²) < 4.78 is 6.36. The van der Waals surface area contributed by atoms with Crippen LogP contribution in [0.1, 0.15) is 20.7 Å². The van der Waals surface area contributed by atoms with Crippen LogP contribution in [0.2, 0.25) is 0 Å². The van der Waals surface area contributed by atoms with Crippen molar-refractivity contribution in [2.45, 2.75) is 0 Å². The third kappa shape index (κ3) is 3.19. The van der Waals surface area contributed by atoms with E-state index in [2.05, 4.69) is 28.0 Å². The van der Waals surface area contributed by atoms with Crippen LogP contribution in [0, 0.1) is 3.57 Å². The number of rotatable bonds is 4. The van der Waals surface area contributed by atoms with Gasteiger partial charge in [-0.15, -0.1) is 0 Å². The van der Waals surface area contributed by atoms with Crippen LogP contribution in [0.25, 0.3) is 0 Å². The first-order chi connectivity index (χ1) is 11.1. The second-order valence-corrected chi connectivity index (χ2v) is 6.01. The van der Waals surface area contributed by atoms with E-state index >= 15 is 0 Å². The summed E-state index contributed by atoms with van der Waals surface area (Å²) in [6.07, 6.45) is 0. The number of hydrazine groups is 1. The maximum absolute atomic E-state index is 12.1. The first-order valence-electron chi connectivity index (χ1n) is 6.72. The van der Waals surface area contributed by atoms with E-state index in [0.29, 0.717) is 10.8 Å². The lowest BCUT2D eigenvalue weighted by molar-refractivity contribution is -0.126. The molecule has 7 heteroatoms. The van der Waals surface area contributed by atoms with Crippen molar-refractivity contribution < 1.29 is 19.1 Å². The Morgan fingerprint density at radius 1 is 1.00 bits per heavy atom. The molecule has 0 saturated heterocycles. The standard InChI is InChI=1S/C16H11IN2O4/c17-10-5-7-11(8-6-10)23-9-14(20)18-19-15(21)12-3-1-2-4-13(12)16(19)22/h1-8H,9H2,(H,18,20). The summed E-state index contributed by atoms with van der Waals surface area (Å²) in [5, 5.41) is 0.713. The highest BCUT2D eigenvalue weighted by Crippen LogP contribution is 2.20. The summed E-state index contributed by atoms with van der Waals surface area (Å²) in [7, 11) is 0. The van der Waals surface area contributed by atoms with E-state index in [-0.39, 0.29) is 17.7 Å². The van der Waals surface area contributed by atoms with E-state index in [1.165, 1.54) is 0 Å². The van der Waals surface area contributed by atoms with Crippen LogP contribution in [0.4, 0.5) is 0 Å². The minimum atomic E-state index is -0.585. The lowest BCUT2D eigenvalue weighted by atomic mass is 10.1. The molecular formula is C16H11IN2O4. The number of amides is 3. The topological polar surface area (TPSA) is 75.7 Å². The highest BCUT2D eigenvalue weighted by Gasteiger charge is 2.36. The highest BCUT2D eigenvalue weighted by atomic mass is 127. The number of hydrogen-bond acceptors (Lipinski definition) is 4. The Labute approximate surface area is 145 Å². The van der Waals surface area contributed by atoms with Crippen LogP contribution < -0.4 is 10.2 Å². The van der Waals surface area contributed by atoms with Gasteiger partial charge in [0, 0.05) is 3.57 Å². The highest BCUT2D eigenvalue weighted by molar-refractivity contribution is 14.1. The van der Waals surface area contributed by atoms with E-state index in [4.69, 9.17) is 4.74 Å². The number of ether oxygens (including phenoxy) is 1. The number of fused-ring (bicyclic) bond motifs is 1. The second kappa shape index (κ2) is 6.37. The van der Waals surface area contributed by atoms with Crippen LogP contribution in [-0.4, -0.2) is 29.3 Å². The molecule has 0 bridgehead atoms. The molecule has 0 atom stereocenters. The van der Waals surface area contributed by atoms with Crippen molar-refractivity contribution in [2.24, 2.45) is 0 Å². The van der Waals surface area contributed by atoms with Crippen LogP contribution in [0.5, 0.6) is 5.75 Å². The Hall–Kier alpha value is -2.42. The summed E-state index contributed by atoms with van der Waals surface area (Å²) in [4.78, 5) is 36.1. The summed E-state index contributed by atoms with van der Waals surface area (Å²) >= 11 is 2.16. The van der Waals surface area contributed by atoms with Gasteiger partial charge in [0.1, 0.15) is 5.75 Å². The van der Waals surface area contributed by atoms with Gasteiger partial charge in [-0.1, -0.05) is 12.1 Å². The molecule has 1 aliphatic heterocycles. The van der Waals surface area contributed by atoms with Crippen LogP contribution >= 0.6 is 22.6 Å². The molecule has 0 radical (unpaired) electrons. The summed E-state index contributed by atoms with van der Waals surface area (Å²) in [6, 6.07) is 13.6. The Bertz CT molecular complexity index is 754. The van der Waals surface area contributed by atoms with Gasteiger partial charge in [0.05, 0.1) is 11.1 Å². The van der Waals surface area contributed by atoms with Gasteiger partial charge in [-0.05, 0) is 59.0 Å². The number of carbonyl (C=O) groups excluding carboxylic acids is 3. The third-order valence-electron chi connectivity index (χ3n) is 3.21. The quantitative estimate of drug-likeness (QED) is 0.605. The molecule has 0 unspecified atom stereocenters. The average Bonchev–Trinajstić information content (AvgIpc) is 2.80. The molecule has 0 spiro atoms. The maximum atomic E-state index is 12.1. The summed E-state index contributed by atoms with van der Waals surface area (Å²) in [5.41, 5.74) is 2.82. The number of nitrogens with one attached hydrogen (secondary N) is 1. The Morgan fingerprint density at radius 3 is 2.13 bits per heavy atom. The molecule has 2 aromatic carbocycles. The second-order valence-electron chi connectivity index (χ2n) is 4.77. The zero-order chi connectivity index (χ0) is 16.4. The van der Waals surface area contributed by atoms with Crippen molar-refractivity contribution >= 4 is 40.3 Å². The van der Waals surface area contributed by atoms with Crippen LogP contribution in [0.3, 0.4) is 0 Å². The Kier molecular flexibility index (Phi) is 4.28. The Balaban J connectivity index is 1.62. The van der Waals surface area contributed by atoms with Gasteiger partial charge in [0.2, 0.25) is 0 Å². The van der Waals surface area contributed by atoms with Crippen molar-refractivity contribution in [1.29, 1.82) is 0 Å². The van der Waals surface area contributed by atoms with Crippen LogP contribution in [-0.2, 0) is 4.79 Å². The molecule has 0 aliphatic carbocycles. The van der Waals surface area contributed by atoms with E-state index in [9.17, 15) is 14.4 Å². The number of imide groups is 1. The molecular weight excluding hydrogens is 411 g/mol. The van der Waals surface area contributed by atoms with Crippen LogP contribution in [0.15, 0.2) is 48.5 Å². The fourth-order valence-corrected chi connectivity index (χ4v) is 2.49. The minimum Gasteiger partial charge on any atom is -0.484 e. The predicted molar refractivity (Wildman–Crippen MR) is 89.7 cm³/mol. The van der Waals surface area contributed by atoms with Crippen molar-refractivity contribution in [3.05, 3.63) is 63.2 Å². The number of hydrogen-bond donors (Lipinski definition) is 1. The largest absolute Gasteiger partial charge is 0.484 e. The molecule has 3 amide bonds. The third-order valence-corrected chi connectivity index (χ3v) is 3.93. The van der Waals surface area contributed by atoms with Gasteiger partial charge >= 0.3 is 0 Å². The number of halogens is 1. The minimum absolute atomic E-state index is 0.274. The normalized spacial score (nSPS) is 13.0. The summed E-state index contributed by atoms with van der Waals surface area (Å²) in [6.45, 7) is -0.298. The fraction of sp³-hybridized carbons (Fsp3) is 0.0625. The SMILES string of the molecule is O=C(COc1ccc(I)cc1)NN1C(=O)c2ccccc2C1=O. The molecule has 1 aliphatic rings. The molecule has 6 nitrogen and oxygen atoms in total. The van der Waals surface area contributed by atoms with Gasteiger partial charge in [-0.2, -0.15) is 5.01 Å². The van der Waals surface area contributed by atoms with Gasteiger partial charge < -0.3 is 4.74 Å². The van der Waals surface area contributed by atoms with E-state index in [1.807, 2.05) is 12.1 Å². The van der Waals surface area contributed by atoms with Gasteiger partial charge in [0.25, 0.3) is 17.7 Å². The molecule has 116 valence electrons. The van der Waals surface area contributed by atoms with Crippen molar-refractivity contribution in [2.75, 3.05) is 6.61 Å². The zero-order valence-electron chi connectivity index (χ0n) is 11.8. The van der Waals surface area contributed by atoms with Gasteiger partial charge in [-0.3, -0.25) is 19.8 Å². The smallest absolute Gasteiger partial charge is 0.280 e. The number of benzene rings is 2. The molecule has 3 rings (SSSR count). The molecule has 0 saturated carbocycles. The van der Waals surface area contributed by atoms with Crippen molar-refractivity contribution in [3.63, 3.8) is 0 Å². The molecule has 1 heterocycles. The first-order valence-corrected chi connectivity index (χ1v) is 7.80. The molecule has 0 aromatic heterocycles. The van der Waals surface area contributed by atoms with Gasteiger partial charge in [0.15, 0.2) is 6.61 Å². The lowest BCUT2D eigenvalue weighted by Crippen LogP contribution is -2.47.